The Morgan fingerprint density at radius 1 is 1.38 bits per heavy atom. The summed E-state index contributed by atoms with van der Waals surface area (Å²) in [7, 11) is 0. The van der Waals surface area contributed by atoms with E-state index in [0.717, 1.165) is 18.7 Å². The molecule has 2 N–H and O–H groups in total. The van der Waals surface area contributed by atoms with Crippen LogP contribution in [-0.2, 0) is 0 Å². The SMILES string of the molecule is CCN(c1cccc(F)c1)C1(CN)CCCCC1C(C)C. The number of nitrogens with two attached hydrogens (primary N) is 1. The van der Waals surface area contributed by atoms with E-state index in [9.17, 15) is 4.39 Å². The van der Waals surface area contributed by atoms with E-state index < -0.39 is 0 Å². The van der Waals surface area contributed by atoms with Crippen molar-refractivity contribution in [1.29, 1.82) is 0 Å². The van der Waals surface area contributed by atoms with Crippen LogP contribution in [0, 0.1) is 17.7 Å². The van der Waals surface area contributed by atoms with E-state index >= 15 is 0 Å². The fraction of sp³-hybridized carbons (Fsp3) is 0.667. The number of hydrogen-bond acceptors (Lipinski definition) is 2. The zero-order valence-electron chi connectivity index (χ0n) is 13.6. The van der Waals surface area contributed by atoms with E-state index in [1.165, 1.54) is 25.3 Å². The highest BCUT2D eigenvalue weighted by Gasteiger charge is 2.45. The van der Waals surface area contributed by atoms with E-state index in [1.54, 1.807) is 12.1 Å². The number of hydrogen-bond donors (Lipinski definition) is 1. The van der Waals surface area contributed by atoms with Crippen molar-refractivity contribution in [2.45, 2.75) is 52.0 Å². The van der Waals surface area contributed by atoms with Crippen LogP contribution in [0.15, 0.2) is 24.3 Å². The minimum absolute atomic E-state index is 0.0328. The average Bonchev–Trinajstić information content (AvgIpc) is 2.48. The lowest BCUT2D eigenvalue weighted by molar-refractivity contribution is 0.137. The van der Waals surface area contributed by atoms with Crippen LogP contribution in [-0.4, -0.2) is 18.6 Å². The molecule has 3 heteroatoms. The second-order valence-electron chi connectivity index (χ2n) is 6.63. The lowest BCUT2D eigenvalue weighted by Crippen LogP contribution is -2.61. The summed E-state index contributed by atoms with van der Waals surface area (Å²) < 4.78 is 13.7. The molecule has 1 aliphatic rings. The number of likely N-dealkylation sites (N-methyl/N-ethyl adjacent to an activating group) is 1. The van der Waals surface area contributed by atoms with Crippen LogP contribution in [0.5, 0.6) is 0 Å². The lowest BCUT2D eigenvalue weighted by atomic mass is 9.66. The predicted octanol–water partition coefficient (Wildman–Crippen LogP) is 4.20. The van der Waals surface area contributed by atoms with Gasteiger partial charge in [-0.1, -0.05) is 32.8 Å². The van der Waals surface area contributed by atoms with Crippen LogP contribution in [0.3, 0.4) is 0 Å². The Bertz CT molecular complexity index is 460. The molecular weight excluding hydrogens is 263 g/mol. The molecule has 0 bridgehead atoms. The maximum absolute atomic E-state index is 13.7. The molecule has 0 aromatic heterocycles. The summed E-state index contributed by atoms with van der Waals surface area (Å²) in [5, 5.41) is 0. The molecule has 1 aromatic carbocycles. The Morgan fingerprint density at radius 3 is 2.71 bits per heavy atom. The molecular formula is C18H29FN2. The number of rotatable bonds is 5. The van der Waals surface area contributed by atoms with Gasteiger partial charge in [0.05, 0.1) is 5.54 Å². The van der Waals surface area contributed by atoms with Gasteiger partial charge in [0.1, 0.15) is 5.82 Å². The van der Waals surface area contributed by atoms with Crippen LogP contribution < -0.4 is 10.6 Å². The van der Waals surface area contributed by atoms with Crippen molar-refractivity contribution in [1.82, 2.24) is 0 Å². The van der Waals surface area contributed by atoms with Gasteiger partial charge in [0.15, 0.2) is 0 Å². The molecule has 2 unspecified atom stereocenters. The van der Waals surface area contributed by atoms with Crippen LogP contribution in [0.25, 0.3) is 0 Å². The van der Waals surface area contributed by atoms with Gasteiger partial charge >= 0.3 is 0 Å². The third-order valence-corrected chi connectivity index (χ3v) is 5.20. The molecule has 0 amide bonds. The lowest BCUT2D eigenvalue weighted by Gasteiger charge is -2.53. The van der Waals surface area contributed by atoms with Crippen molar-refractivity contribution in [2.75, 3.05) is 18.0 Å². The first-order chi connectivity index (χ1) is 10.0. The van der Waals surface area contributed by atoms with Gasteiger partial charge in [-0.25, -0.2) is 4.39 Å². The quantitative estimate of drug-likeness (QED) is 0.881. The molecule has 2 rings (SSSR count). The fourth-order valence-electron chi connectivity index (χ4n) is 4.30. The Balaban J connectivity index is 2.44. The minimum atomic E-state index is -0.171. The van der Waals surface area contributed by atoms with E-state index in [-0.39, 0.29) is 11.4 Å². The molecule has 1 aromatic rings. The molecule has 0 heterocycles. The zero-order chi connectivity index (χ0) is 15.5. The highest BCUT2D eigenvalue weighted by Crippen LogP contribution is 2.43. The summed E-state index contributed by atoms with van der Waals surface area (Å²) in [6.45, 7) is 8.23. The first-order valence-corrected chi connectivity index (χ1v) is 8.28. The van der Waals surface area contributed by atoms with Gasteiger partial charge in [-0.3, -0.25) is 0 Å². The standard InChI is InChI=1S/C18H29FN2/c1-4-21(16-9-7-8-15(19)12-16)18(13-20)11-6-5-10-17(18)14(2)3/h7-9,12,14,17H,4-6,10-11,13,20H2,1-3H3. The van der Waals surface area contributed by atoms with Gasteiger partial charge < -0.3 is 10.6 Å². The number of anilines is 1. The third-order valence-electron chi connectivity index (χ3n) is 5.20. The van der Waals surface area contributed by atoms with E-state index in [0.29, 0.717) is 18.4 Å². The highest BCUT2D eigenvalue weighted by molar-refractivity contribution is 5.50. The predicted molar refractivity (Wildman–Crippen MR) is 88.0 cm³/mol. The molecule has 1 fully saturated rings. The first-order valence-electron chi connectivity index (χ1n) is 8.28. The highest BCUT2D eigenvalue weighted by atomic mass is 19.1. The summed E-state index contributed by atoms with van der Waals surface area (Å²) in [6, 6.07) is 6.96. The van der Waals surface area contributed by atoms with E-state index in [1.807, 2.05) is 6.07 Å². The normalized spacial score (nSPS) is 26.1. The minimum Gasteiger partial charge on any atom is -0.364 e. The summed E-state index contributed by atoms with van der Waals surface area (Å²) in [4.78, 5) is 2.36. The van der Waals surface area contributed by atoms with Gasteiger partial charge in [0.2, 0.25) is 0 Å². The van der Waals surface area contributed by atoms with Crippen LogP contribution in [0.2, 0.25) is 0 Å². The molecule has 0 aliphatic heterocycles. The number of halogens is 1. The zero-order valence-corrected chi connectivity index (χ0v) is 13.6. The second-order valence-corrected chi connectivity index (χ2v) is 6.63. The molecule has 0 saturated heterocycles. The number of benzene rings is 1. The van der Waals surface area contributed by atoms with Crippen molar-refractivity contribution >= 4 is 5.69 Å². The van der Waals surface area contributed by atoms with Crippen molar-refractivity contribution < 1.29 is 4.39 Å². The van der Waals surface area contributed by atoms with E-state index in [2.05, 4.69) is 25.7 Å². The largest absolute Gasteiger partial charge is 0.364 e. The average molecular weight is 292 g/mol. The topological polar surface area (TPSA) is 29.3 Å². The Kier molecular flexibility index (Phi) is 5.26. The fourth-order valence-corrected chi connectivity index (χ4v) is 4.30. The van der Waals surface area contributed by atoms with Crippen LogP contribution >= 0.6 is 0 Å². The maximum atomic E-state index is 13.7. The molecule has 0 radical (unpaired) electrons. The molecule has 0 spiro atoms. The van der Waals surface area contributed by atoms with Crippen molar-refractivity contribution in [3.8, 4) is 0 Å². The molecule has 2 atom stereocenters. The molecule has 21 heavy (non-hydrogen) atoms. The van der Waals surface area contributed by atoms with Crippen LogP contribution in [0.4, 0.5) is 10.1 Å². The summed E-state index contributed by atoms with van der Waals surface area (Å²) in [5.74, 6) is 0.992. The van der Waals surface area contributed by atoms with Gasteiger partial charge in [-0.2, -0.15) is 0 Å². The van der Waals surface area contributed by atoms with Gasteiger partial charge in [-0.05, 0) is 49.8 Å². The van der Waals surface area contributed by atoms with Crippen molar-refractivity contribution in [2.24, 2.45) is 17.6 Å². The summed E-state index contributed by atoms with van der Waals surface area (Å²) in [5.41, 5.74) is 7.22. The molecule has 1 aliphatic carbocycles. The third kappa shape index (κ3) is 3.08. The second kappa shape index (κ2) is 6.78. The Labute approximate surface area is 128 Å². The van der Waals surface area contributed by atoms with Crippen molar-refractivity contribution in [3.63, 3.8) is 0 Å². The van der Waals surface area contributed by atoms with Crippen molar-refractivity contribution in [3.05, 3.63) is 30.1 Å². The van der Waals surface area contributed by atoms with Gasteiger partial charge in [-0.15, -0.1) is 0 Å². The van der Waals surface area contributed by atoms with Crippen LogP contribution in [0.1, 0.15) is 46.5 Å². The maximum Gasteiger partial charge on any atom is 0.125 e. The van der Waals surface area contributed by atoms with E-state index in [4.69, 9.17) is 5.73 Å². The smallest absolute Gasteiger partial charge is 0.125 e. The first kappa shape index (κ1) is 16.3. The summed E-state index contributed by atoms with van der Waals surface area (Å²) in [6.07, 6.45) is 4.83. The Hall–Kier alpha value is -1.09. The summed E-state index contributed by atoms with van der Waals surface area (Å²) >= 11 is 0. The number of nitrogens with zero attached hydrogens (tertiary/aromatic N) is 1. The molecule has 118 valence electrons. The van der Waals surface area contributed by atoms with Gasteiger partial charge in [0, 0.05) is 18.8 Å². The monoisotopic (exact) mass is 292 g/mol. The Morgan fingerprint density at radius 2 is 2.14 bits per heavy atom. The van der Waals surface area contributed by atoms with Gasteiger partial charge in [0.25, 0.3) is 0 Å². The molecule has 2 nitrogen and oxygen atoms in total. The molecule has 1 saturated carbocycles.